The van der Waals surface area contributed by atoms with Crippen LogP contribution in [-0.4, -0.2) is 52.3 Å². The predicted molar refractivity (Wildman–Crippen MR) is 64.8 cm³/mol. The zero-order valence-electron chi connectivity index (χ0n) is 9.39. The molecule has 0 radical (unpaired) electrons. The first kappa shape index (κ1) is 14.0. The Labute approximate surface area is 107 Å². The Balaban J connectivity index is 2.56. The van der Waals surface area contributed by atoms with E-state index in [9.17, 15) is 14.7 Å². The van der Waals surface area contributed by atoms with Crippen molar-refractivity contribution >= 4 is 27.9 Å². The number of nitrogens with one attached hydrogen (secondary N) is 1. The molecule has 0 fully saturated rings. The zero-order valence-corrected chi connectivity index (χ0v) is 11.0. The van der Waals surface area contributed by atoms with Crippen LogP contribution in [0, 0.1) is 0 Å². The topological polar surface area (TPSA) is 89.9 Å². The van der Waals surface area contributed by atoms with Crippen LogP contribution in [0.5, 0.6) is 0 Å². The lowest BCUT2D eigenvalue weighted by molar-refractivity contribution is -0.141. The summed E-state index contributed by atoms with van der Waals surface area (Å²) in [6.07, 6.45) is 1.42. The van der Waals surface area contributed by atoms with Gasteiger partial charge in [0.2, 0.25) is 0 Å². The first-order chi connectivity index (χ1) is 7.91. The lowest BCUT2D eigenvalue weighted by Gasteiger charge is -2.27. The quantitative estimate of drug-likeness (QED) is 0.709. The fourth-order valence-corrected chi connectivity index (χ4v) is 1.76. The molecule has 0 unspecified atom stereocenters. The second-order valence-corrected chi connectivity index (χ2v) is 4.87. The smallest absolute Gasteiger partial charge is 0.328 e. The lowest BCUT2D eigenvalue weighted by Crippen LogP contribution is -2.53. The van der Waals surface area contributed by atoms with Gasteiger partial charge in [0.15, 0.2) is 6.04 Å². The summed E-state index contributed by atoms with van der Waals surface area (Å²) in [6, 6.07) is -1.76. The molecule has 1 rings (SSSR count). The summed E-state index contributed by atoms with van der Waals surface area (Å²) in [5, 5.41) is 20.4. The van der Waals surface area contributed by atoms with Crippen molar-refractivity contribution in [1.82, 2.24) is 10.2 Å². The molecule has 7 heteroatoms. The molecule has 3 N–H and O–H groups in total. The van der Waals surface area contributed by atoms with Crippen molar-refractivity contribution in [2.24, 2.45) is 0 Å². The first-order valence-corrected chi connectivity index (χ1v) is 6.02. The summed E-state index contributed by atoms with van der Waals surface area (Å²) >= 11 is 3.33. The summed E-state index contributed by atoms with van der Waals surface area (Å²) in [6.45, 7) is 2.28. The van der Waals surface area contributed by atoms with Crippen molar-refractivity contribution in [2.75, 3.05) is 13.1 Å². The van der Waals surface area contributed by atoms with Crippen LogP contribution in [0.4, 0.5) is 4.79 Å². The summed E-state index contributed by atoms with van der Waals surface area (Å²) in [7, 11) is 0. The fraction of sp³-hybridized carbons (Fsp3) is 0.600. The average Bonchev–Trinajstić information content (AvgIpc) is 2.25. The molecule has 6 nitrogen and oxygen atoms in total. The Hall–Kier alpha value is -1.08. The SMILES string of the molecule is C[C@@H](O)[C@@H](NC(=O)N1CC=C(Br)CC1)C(=O)O. The fourth-order valence-electron chi connectivity index (χ4n) is 1.44. The molecule has 0 aromatic carbocycles. The number of aliphatic carboxylic acids is 1. The van der Waals surface area contributed by atoms with Gasteiger partial charge in [0.1, 0.15) is 0 Å². The molecular formula is C10H15BrN2O4. The van der Waals surface area contributed by atoms with Crippen LogP contribution in [-0.2, 0) is 4.79 Å². The third kappa shape index (κ3) is 4.01. The van der Waals surface area contributed by atoms with E-state index in [1.165, 1.54) is 11.8 Å². The highest BCUT2D eigenvalue weighted by Crippen LogP contribution is 2.16. The second-order valence-electron chi connectivity index (χ2n) is 3.85. The molecule has 96 valence electrons. The highest BCUT2D eigenvalue weighted by atomic mass is 79.9. The monoisotopic (exact) mass is 306 g/mol. The van der Waals surface area contributed by atoms with Crippen molar-refractivity contribution < 1.29 is 19.8 Å². The molecule has 17 heavy (non-hydrogen) atoms. The molecule has 0 aliphatic carbocycles. The standard InChI is InChI=1S/C10H15BrN2O4/c1-6(14)8(9(15)16)12-10(17)13-4-2-7(11)3-5-13/h2,6,8,14H,3-5H2,1H3,(H,12,17)(H,15,16)/t6-,8-/m1/s1. The zero-order chi connectivity index (χ0) is 13.0. The van der Waals surface area contributed by atoms with Gasteiger partial charge >= 0.3 is 12.0 Å². The van der Waals surface area contributed by atoms with E-state index in [-0.39, 0.29) is 0 Å². The number of rotatable bonds is 3. The van der Waals surface area contributed by atoms with Gasteiger partial charge in [-0.15, -0.1) is 0 Å². The minimum absolute atomic E-state index is 0.429. The normalized spacial score (nSPS) is 19.2. The third-order valence-electron chi connectivity index (χ3n) is 2.47. The molecule has 1 aliphatic rings. The summed E-state index contributed by atoms with van der Waals surface area (Å²) in [5.74, 6) is -1.25. The molecule has 0 saturated heterocycles. The van der Waals surface area contributed by atoms with E-state index < -0.39 is 24.1 Å². The van der Waals surface area contributed by atoms with Gasteiger partial charge in [-0.25, -0.2) is 9.59 Å². The molecule has 1 heterocycles. The number of carbonyl (C=O) groups is 2. The van der Waals surface area contributed by atoms with E-state index in [0.717, 1.165) is 4.48 Å². The van der Waals surface area contributed by atoms with E-state index in [0.29, 0.717) is 19.5 Å². The Kier molecular flexibility index (Phi) is 4.95. The Bertz CT molecular complexity index is 343. The van der Waals surface area contributed by atoms with Crippen LogP contribution in [0.1, 0.15) is 13.3 Å². The summed E-state index contributed by atoms with van der Waals surface area (Å²) in [4.78, 5) is 24.0. The van der Waals surface area contributed by atoms with Crippen molar-refractivity contribution in [2.45, 2.75) is 25.5 Å². The number of carboxylic acids is 1. The molecule has 0 bridgehead atoms. The summed E-state index contributed by atoms with van der Waals surface area (Å²) < 4.78 is 1.03. The predicted octanol–water partition coefficient (Wildman–Crippen LogP) is 0.514. The number of aliphatic hydroxyl groups is 1. The van der Waals surface area contributed by atoms with Crippen molar-refractivity contribution in [3.63, 3.8) is 0 Å². The number of hydrogen-bond donors (Lipinski definition) is 3. The maximum absolute atomic E-state index is 11.7. The molecule has 1 aliphatic heterocycles. The molecule has 0 aromatic heterocycles. The van der Waals surface area contributed by atoms with Crippen LogP contribution in [0.15, 0.2) is 10.6 Å². The van der Waals surface area contributed by atoms with Gasteiger partial charge in [0, 0.05) is 13.1 Å². The molecule has 0 aromatic rings. The number of carbonyl (C=O) groups excluding carboxylic acids is 1. The highest BCUT2D eigenvalue weighted by Gasteiger charge is 2.27. The minimum atomic E-state index is -1.28. The Morgan fingerprint density at radius 2 is 2.24 bits per heavy atom. The molecular weight excluding hydrogens is 292 g/mol. The van der Waals surface area contributed by atoms with Gasteiger partial charge in [-0.2, -0.15) is 0 Å². The van der Waals surface area contributed by atoms with Gasteiger partial charge in [0.25, 0.3) is 0 Å². The third-order valence-corrected chi connectivity index (χ3v) is 3.19. The molecule has 0 spiro atoms. The Morgan fingerprint density at radius 1 is 1.59 bits per heavy atom. The average molecular weight is 307 g/mol. The minimum Gasteiger partial charge on any atom is -0.480 e. The van der Waals surface area contributed by atoms with Gasteiger partial charge in [-0.3, -0.25) is 0 Å². The van der Waals surface area contributed by atoms with E-state index in [1.807, 2.05) is 6.08 Å². The lowest BCUT2D eigenvalue weighted by atomic mass is 10.2. The maximum atomic E-state index is 11.7. The number of hydrogen-bond acceptors (Lipinski definition) is 3. The summed E-state index contributed by atoms with van der Waals surface area (Å²) in [5.41, 5.74) is 0. The van der Waals surface area contributed by atoms with Gasteiger partial charge in [-0.05, 0) is 17.8 Å². The maximum Gasteiger partial charge on any atom is 0.328 e. The Morgan fingerprint density at radius 3 is 2.65 bits per heavy atom. The first-order valence-electron chi connectivity index (χ1n) is 5.22. The van der Waals surface area contributed by atoms with Gasteiger partial charge in [0.05, 0.1) is 6.10 Å². The largest absolute Gasteiger partial charge is 0.480 e. The van der Waals surface area contributed by atoms with Crippen LogP contribution in [0.25, 0.3) is 0 Å². The van der Waals surface area contributed by atoms with Crippen LogP contribution < -0.4 is 5.32 Å². The number of carboxylic acid groups (broad SMARTS) is 1. The van der Waals surface area contributed by atoms with Crippen LogP contribution in [0.2, 0.25) is 0 Å². The van der Waals surface area contributed by atoms with Crippen LogP contribution >= 0.6 is 15.9 Å². The number of nitrogens with zero attached hydrogens (tertiary/aromatic N) is 1. The van der Waals surface area contributed by atoms with E-state index in [1.54, 1.807) is 0 Å². The number of aliphatic hydroxyl groups excluding tert-OH is 1. The highest BCUT2D eigenvalue weighted by molar-refractivity contribution is 9.11. The molecule has 2 atom stereocenters. The van der Waals surface area contributed by atoms with Gasteiger partial charge < -0.3 is 20.4 Å². The second kappa shape index (κ2) is 6.02. The number of amides is 2. The van der Waals surface area contributed by atoms with E-state index in [4.69, 9.17) is 5.11 Å². The van der Waals surface area contributed by atoms with Crippen molar-refractivity contribution in [3.8, 4) is 0 Å². The number of halogens is 1. The van der Waals surface area contributed by atoms with Crippen molar-refractivity contribution in [3.05, 3.63) is 10.6 Å². The van der Waals surface area contributed by atoms with Gasteiger partial charge in [-0.1, -0.05) is 22.0 Å². The van der Waals surface area contributed by atoms with E-state index in [2.05, 4.69) is 21.2 Å². The van der Waals surface area contributed by atoms with Crippen LogP contribution in [0.3, 0.4) is 0 Å². The number of urea groups is 1. The molecule has 0 saturated carbocycles. The van der Waals surface area contributed by atoms with E-state index >= 15 is 0 Å². The molecule has 2 amide bonds. The van der Waals surface area contributed by atoms with Crippen molar-refractivity contribution in [1.29, 1.82) is 0 Å².